The van der Waals surface area contributed by atoms with Crippen molar-refractivity contribution in [3.05, 3.63) is 66.0 Å². The van der Waals surface area contributed by atoms with Crippen LogP contribution in [0.1, 0.15) is 11.1 Å². The number of nitrogens with zero attached hydrogens (tertiary/aromatic N) is 2. The lowest BCUT2D eigenvalue weighted by atomic mass is 10.0. The van der Waals surface area contributed by atoms with Crippen molar-refractivity contribution in [2.45, 2.75) is 13.3 Å². The third-order valence-corrected chi connectivity index (χ3v) is 5.69. The molecule has 0 aliphatic heterocycles. The summed E-state index contributed by atoms with van der Waals surface area (Å²) in [4.78, 5) is 15.8. The fraction of sp³-hybridized carbons (Fsp3) is 0.167. The lowest BCUT2D eigenvalue weighted by molar-refractivity contribution is 0.415. The van der Waals surface area contributed by atoms with Crippen molar-refractivity contribution in [2.24, 2.45) is 0 Å². The average molecular weight is 412 g/mol. The number of fused-ring (bicyclic) bond motifs is 2. The van der Waals surface area contributed by atoms with Crippen LogP contribution in [0.25, 0.3) is 33.1 Å². The number of nitrogen functional groups attached to an aromatic ring is 1. The number of benzene rings is 2. The van der Waals surface area contributed by atoms with Gasteiger partial charge in [0, 0.05) is 51.9 Å². The van der Waals surface area contributed by atoms with E-state index in [1.54, 1.807) is 7.11 Å². The van der Waals surface area contributed by atoms with Crippen LogP contribution in [0.5, 0.6) is 5.75 Å². The van der Waals surface area contributed by atoms with Crippen LogP contribution in [-0.4, -0.2) is 33.6 Å². The number of nitrogens with one attached hydrogen (secondary N) is 3. The van der Waals surface area contributed by atoms with Crippen molar-refractivity contribution in [1.82, 2.24) is 19.9 Å². The Kier molecular flexibility index (Phi) is 4.71. The number of aromatic nitrogens is 4. The van der Waals surface area contributed by atoms with Crippen molar-refractivity contribution >= 4 is 33.6 Å². The number of aromatic amines is 2. The highest BCUT2D eigenvalue weighted by Gasteiger charge is 2.14. The lowest BCUT2D eigenvalue weighted by Crippen LogP contribution is -2.11. The molecular weight excluding hydrogens is 388 g/mol. The monoisotopic (exact) mass is 412 g/mol. The van der Waals surface area contributed by atoms with Crippen LogP contribution in [0, 0.1) is 6.92 Å². The van der Waals surface area contributed by atoms with Crippen LogP contribution < -0.4 is 15.8 Å². The molecule has 0 bridgehead atoms. The molecule has 31 heavy (non-hydrogen) atoms. The zero-order valence-corrected chi connectivity index (χ0v) is 17.5. The van der Waals surface area contributed by atoms with E-state index >= 15 is 0 Å². The van der Waals surface area contributed by atoms with E-state index in [4.69, 9.17) is 15.5 Å². The van der Waals surface area contributed by atoms with E-state index in [9.17, 15) is 0 Å². The van der Waals surface area contributed by atoms with E-state index < -0.39 is 0 Å². The number of hydrogen-bond donors (Lipinski definition) is 4. The van der Waals surface area contributed by atoms with Gasteiger partial charge in [0.25, 0.3) is 0 Å². The lowest BCUT2D eigenvalue weighted by Gasteiger charge is -2.12. The van der Waals surface area contributed by atoms with Gasteiger partial charge in [-0.3, -0.25) is 0 Å². The molecule has 0 atom stereocenters. The summed E-state index contributed by atoms with van der Waals surface area (Å²) in [5, 5.41) is 5.61. The molecule has 0 spiro atoms. The minimum atomic E-state index is 0.483. The molecule has 156 valence electrons. The molecule has 2 aromatic carbocycles. The number of anilines is 2. The molecule has 0 aliphatic carbocycles. The first-order chi connectivity index (χ1) is 15.1. The van der Waals surface area contributed by atoms with Gasteiger partial charge in [0.2, 0.25) is 5.95 Å². The Morgan fingerprint density at radius 3 is 2.77 bits per heavy atom. The van der Waals surface area contributed by atoms with Gasteiger partial charge >= 0.3 is 0 Å². The maximum absolute atomic E-state index is 6.23. The van der Waals surface area contributed by atoms with Crippen molar-refractivity contribution < 1.29 is 4.74 Å². The van der Waals surface area contributed by atoms with E-state index in [1.807, 2.05) is 43.6 Å². The first kappa shape index (κ1) is 19.0. The average Bonchev–Trinajstić information content (AvgIpc) is 3.42. The molecule has 0 saturated carbocycles. The Morgan fingerprint density at radius 2 is 1.90 bits per heavy atom. The van der Waals surface area contributed by atoms with Gasteiger partial charge in [0.15, 0.2) is 0 Å². The van der Waals surface area contributed by atoms with Gasteiger partial charge in [-0.1, -0.05) is 12.1 Å². The molecule has 3 aromatic heterocycles. The summed E-state index contributed by atoms with van der Waals surface area (Å²) in [5.74, 6) is 1.86. The zero-order valence-electron chi connectivity index (χ0n) is 17.5. The van der Waals surface area contributed by atoms with Crippen LogP contribution in [0.3, 0.4) is 0 Å². The Labute approximate surface area is 179 Å². The molecule has 7 heteroatoms. The second-order valence-electron chi connectivity index (χ2n) is 7.55. The highest BCUT2D eigenvalue weighted by Crippen LogP contribution is 2.31. The highest BCUT2D eigenvalue weighted by atomic mass is 16.5. The van der Waals surface area contributed by atoms with E-state index in [0.29, 0.717) is 18.3 Å². The summed E-state index contributed by atoms with van der Waals surface area (Å²) in [6, 6.07) is 14.2. The molecule has 5 N–H and O–H groups in total. The predicted molar refractivity (Wildman–Crippen MR) is 126 cm³/mol. The van der Waals surface area contributed by atoms with Crippen LogP contribution in [0.4, 0.5) is 11.8 Å². The van der Waals surface area contributed by atoms with Crippen molar-refractivity contribution in [1.29, 1.82) is 0 Å². The van der Waals surface area contributed by atoms with Crippen LogP contribution in [-0.2, 0) is 6.42 Å². The molecule has 5 rings (SSSR count). The molecule has 7 nitrogen and oxygen atoms in total. The summed E-state index contributed by atoms with van der Waals surface area (Å²) in [6.45, 7) is 2.64. The van der Waals surface area contributed by atoms with Gasteiger partial charge in [-0.05, 0) is 49.2 Å². The van der Waals surface area contributed by atoms with Crippen molar-refractivity contribution in [3.63, 3.8) is 0 Å². The molecule has 0 unspecified atom stereocenters. The standard InChI is InChI=1S/C24H24N6O/c1-14-22(18-4-3-5-20-17(18)9-11-26-20)29-24(30-23(14)25)27-10-8-15-13-28-21-7-6-16(31-2)12-19(15)21/h3-7,9,11-13,26,28H,8,10H2,1-2H3,(H3,25,27,29,30). The SMILES string of the molecule is COc1ccc2[nH]cc(CCNc3nc(N)c(C)c(-c4cccc5[nH]ccc45)n3)c2c1. The van der Waals surface area contributed by atoms with Gasteiger partial charge in [0.05, 0.1) is 12.8 Å². The van der Waals surface area contributed by atoms with Gasteiger partial charge in [0.1, 0.15) is 11.6 Å². The first-order valence-electron chi connectivity index (χ1n) is 10.2. The van der Waals surface area contributed by atoms with E-state index in [1.165, 1.54) is 5.56 Å². The number of hydrogen-bond acceptors (Lipinski definition) is 5. The topological polar surface area (TPSA) is 105 Å². The number of methoxy groups -OCH3 is 1. The third kappa shape index (κ3) is 3.44. The predicted octanol–water partition coefficient (Wildman–Crippen LogP) is 4.66. The van der Waals surface area contributed by atoms with E-state index in [0.717, 1.165) is 50.8 Å². The molecular formula is C24H24N6O. The Morgan fingerprint density at radius 1 is 1.03 bits per heavy atom. The first-order valence-corrected chi connectivity index (χ1v) is 10.2. The maximum Gasteiger partial charge on any atom is 0.225 e. The fourth-order valence-corrected chi connectivity index (χ4v) is 3.97. The Bertz CT molecular complexity index is 1380. The Hall–Kier alpha value is -4.00. The van der Waals surface area contributed by atoms with Gasteiger partial charge in [-0.15, -0.1) is 0 Å². The molecule has 5 aromatic rings. The number of rotatable bonds is 6. The maximum atomic E-state index is 6.23. The summed E-state index contributed by atoms with van der Waals surface area (Å²) < 4.78 is 5.36. The molecule has 0 radical (unpaired) electrons. The normalized spacial score (nSPS) is 11.3. The molecule has 0 fully saturated rings. The molecule has 0 aliphatic rings. The minimum Gasteiger partial charge on any atom is -0.497 e. The van der Waals surface area contributed by atoms with E-state index in [-0.39, 0.29) is 0 Å². The van der Waals surface area contributed by atoms with E-state index in [2.05, 4.69) is 38.5 Å². The van der Waals surface area contributed by atoms with Gasteiger partial charge in [-0.2, -0.15) is 4.98 Å². The second kappa shape index (κ2) is 7.68. The van der Waals surface area contributed by atoms with Gasteiger partial charge < -0.3 is 25.8 Å². The highest BCUT2D eigenvalue weighted by molar-refractivity contribution is 5.95. The summed E-state index contributed by atoms with van der Waals surface area (Å²) >= 11 is 0. The number of ether oxygens (including phenoxy) is 1. The second-order valence-corrected chi connectivity index (χ2v) is 7.55. The largest absolute Gasteiger partial charge is 0.497 e. The summed E-state index contributed by atoms with van der Waals surface area (Å²) in [5.41, 5.74) is 12.4. The van der Waals surface area contributed by atoms with Crippen LogP contribution >= 0.6 is 0 Å². The Balaban J connectivity index is 1.40. The molecule has 3 heterocycles. The quantitative estimate of drug-likeness (QED) is 0.325. The van der Waals surface area contributed by atoms with Crippen molar-refractivity contribution in [3.8, 4) is 17.0 Å². The molecule has 0 saturated heterocycles. The van der Waals surface area contributed by atoms with Crippen LogP contribution in [0.15, 0.2) is 54.9 Å². The minimum absolute atomic E-state index is 0.483. The molecule has 0 amide bonds. The smallest absolute Gasteiger partial charge is 0.225 e. The zero-order chi connectivity index (χ0) is 21.4. The third-order valence-electron chi connectivity index (χ3n) is 5.69. The van der Waals surface area contributed by atoms with Crippen LogP contribution in [0.2, 0.25) is 0 Å². The van der Waals surface area contributed by atoms with Gasteiger partial charge in [-0.25, -0.2) is 4.98 Å². The number of H-pyrrole nitrogens is 2. The van der Waals surface area contributed by atoms with Crippen molar-refractivity contribution in [2.75, 3.05) is 24.7 Å². The summed E-state index contributed by atoms with van der Waals surface area (Å²) in [7, 11) is 1.68. The fourth-order valence-electron chi connectivity index (χ4n) is 3.97. The summed E-state index contributed by atoms with van der Waals surface area (Å²) in [6.07, 6.45) is 4.78. The number of nitrogens with two attached hydrogens (primary N) is 1.